The first kappa shape index (κ1) is 23.9. The third kappa shape index (κ3) is 8.57. The molecule has 2 amide bonds. The van der Waals surface area contributed by atoms with Gasteiger partial charge in [0.1, 0.15) is 0 Å². The van der Waals surface area contributed by atoms with Gasteiger partial charge in [0.05, 0.1) is 9.85 Å². The molecule has 0 aliphatic carbocycles. The Morgan fingerprint density at radius 1 is 0.750 bits per heavy atom. The normalized spacial score (nSPS) is 10.9. The molecule has 10 nitrogen and oxygen atoms in total. The van der Waals surface area contributed by atoms with Gasteiger partial charge in [0.25, 0.3) is 11.4 Å². The van der Waals surface area contributed by atoms with Crippen molar-refractivity contribution in [1.29, 1.82) is 0 Å². The molecular weight excluding hydrogens is 416 g/mol. The van der Waals surface area contributed by atoms with E-state index in [0.717, 1.165) is 0 Å². The van der Waals surface area contributed by atoms with Crippen LogP contribution < -0.4 is 10.6 Å². The second kappa shape index (κ2) is 12.4. The van der Waals surface area contributed by atoms with E-state index in [0.29, 0.717) is 37.1 Å². The van der Waals surface area contributed by atoms with E-state index in [4.69, 9.17) is 0 Å². The van der Waals surface area contributed by atoms with Gasteiger partial charge < -0.3 is 10.6 Å². The molecule has 0 aromatic heterocycles. The van der Waals surface area contributed by atoms with Crippen molar-refractivity contribution in [3.63, 3.8) is 0 Å². The molecule has 2 aromatic rings. The summed E-state index contributed by atoms with van der Waals surface area (Å²) in [6.45, 7) is 0.828. The molecule has 0 bridgehead atoms. The van der Waals surface area contributed by atoms with Gasteiger partial charge in [0, 0.05) is 49.5 Å². The van der Waals surface area contributed by atoms with Crippen molar-refractivity contribution in [2.45, 2.75) is 12.8 Å². The van der Waals surface area contributed by atoms with Crippen LogP contribution in [-0.2, 0) is 9.59 Å². The fraction of sp³-hybridized carbons (Fsp3) is 0.182. The molecule has 10 heteroatoms. The number of nitro benzene ring substituents is 2. The van der Waals surface area contributed by atoms with E-state index in [9.17, 15) is 29.8 Å². The summed E-state index contributed by atoms with van der Waals surface area (Å²) in [5.41, 5.74) is 1.01. The number of hydrogen-bond donors (Lipinski definition) is 2. The number of unbranched alkanes of at least 4 members (excludes halogenated alkanes) is 1. The number of carbonyl (C=O) groups excluding carboxylic acids is 2. The molecule has 0 spiro atoms. The summed E-state index contributed by atoms with van der Waals surface area (Å²) >= 11 is 0. The lowest BCUT2D eigenvalue weighted by molar-refractivity contribution is -0.385. The SMILES string of the molecule is O=C(C=Cc1cccc([N+](=O)[O-])c1)NCCCCNC(=O)C=Cc1cccc([N+](=O)[O-])c1. The van der Waals surface area contributed by atoms with E-state index >= 15 is 0 Å². The van der Waals surface area contributed by atoms with Crippen LogP contribution in [0.4, 0.5) is 11.4 Å². The highest BCUT2D eigenvalue weighted by Crippen LogP contribution is 2.14. The number of non-ortho nitro benzene ring substituents is 2. The minimum Gasteiger partial charge on any atom is -0.353 e. The van der Waals surface area contributed by atoms with Gasteiger partial charge >= 0.3 is 0 Å². The van der Waals surface area contributed by atoms with E-state index in [1.807, 2.05) is 0 Å². The van der Waals surface area contributed by atoms with Gasteiger partial charge in [-0.05, 0) is 36.1 Å². The Balaban J connectivity index is 1.63. The van der Waals surface area contributed by atoms with E-state index in [-0.39, 0.29) is 23.2 Å². The number of nitrogens with zero attached hydrogens (tertiary/aromatic N) is 2. The molecule has 32 heavy (non-hydrogen) atoms. The molecule has 0 aliphatic heterocycles. The first-order valence-corrected chi connectivity index (χ1v) is 9.76. The zero-order chi connectivity index (χ0) is 23.3. The number of amides is 2. The number of benzene rings is 2. The maximum Gasteiger partial charge on any atom is 0.270 e. The first-order valence-electron chi connectivity index (χ1n) is 9.76. The minimum atomic E-state index is -0.500. The number of nitro groups is 2. The first-order chi connectivity index (χ1) is 15.3. The molecule has 0 saturated heterocycles. The minimum absolute atomic E-state index is 0.0467. The molecule has 0 radical (unpaired) electrons. The Bertz CT molecular complexity index is 965. The summed E-state index contributed by atoms with van der Waals surface area (Å²) in [7, 11) is 0. The largest absolute Gasteiger partial charge is 0.353 e. The topological polar surface area (TPSA) is 144 Å². The van der Waals surface area contributed by atoms with Gasteiger partial charge in [-0.2, -0.15) is 0 Å². The van der Waals surface area contributed by atoms with Gasteiger partial charge in [0.2, 0.25) is 11.8 Å². The van der Waals surface area contributed by atoms with Crippen LogP contribution >= 0.6 is 0 Å². The Labute approximate surface area is 183 Å². The molecule has 0 fully saturated rings. The molecule has 2 aromatic carbocycles. The highest BCUT2D eigenvalue weighted by atomic mass is 16.6. The standard InChI is InChI=1S/C22H22N4O6/c27-21(11-9-17-5-3-7-19(15-17)25(29)30)23-13-1-2-14-24-22(28)12-10-18-6-4-8-20(16-18)26(31)32/h3-12,15-16H,1-2,13-14H2,(H,23,27)(H,24,28). The summed E-state index contributed by atoms with van der Waals surface area (Å²) in [5, 5.41) is 26.9. The van der Waals surface area contributed by atoms with Crippen LogP contribution in [0.3, 0.4) is 0 Å². The van der Waals surface area contributed by atoms with Crippen molar-refractivity contribution < 1.29 is 19.4 Å². The fourth-order valence-corrected chi connectivity index (χ4v) is 2.62. The zero-order valence-corrected chi connectivity index (χ0v) is 17.1. The van der Waals surface area contributed by atoms with E-state index in [2.05, 4.69) is 10.6 Å². The fourth-order valence-electron chi connectivity index (χ4n) is 2.62. The molecule has 2 N–H and O–H groups in total. The van der Waals surface area contributed by atoms with Crippen LogP contribution in [0.15, 0.2) is 60.7 Å². The monoisotopic (exact) mass is 438 g/mol. The van der Waals surface area contributed by atoms with Crippen molar-refractivity contribution in [3.05, 3.63) is 92.0 Å². The average Bonchev–Trinajstić information content (AvgIpc) is 2.79. The molecular formula is C22H22N4O6. The molecule has 0 atom stereocenters. The Morgan fingerprint density at radius 3 is 1.53 bits per heavy atom. The van der Waals surface area contributed by atoms with E-state index in [1.54, 1.807) is 24.3 Å². The maximum absolute atomic E-state index is 11.8. The number of rotatable bonds is 11. The average molecular weight is 438 g/mol. The number of hydrogen-bond acceptors (Lipinski definition) is 6. The lowest BCUT2D eigenvalue weighted by Gasteiger charge is -2.04. The summed E-state index contributed by atoms with van der Waals surface area (Å²) in [6, 6.07) is 11.9. The summed E-state index contributed by atoms with van der Waals surface area (Å²) in [6.07, 6.45) is 6.89. The second-order valence-electron chi connectivity index (χ2n) is 6.66. The van der Waals surface area contributed by atoms with Crippen molar-refractivity contribution in [2.24, 2.45) is 0 Å². The van der Waals surface area contributed by atoms with Gasteiger partial charge in [0.15, 0.2) is 0 Å². The summed E-state index contributed by atoms with van der Waals surface area (Å²) in [4.78, 5) is 44.1. The molecule has 0 aliphatic rings. The van der Waals surface area contributed by atoms with E-state index < -0.39 is 9.85 Å². The van der Waals surface area contributed by atoms with Gasteiger partial charge in [-0.25, -0.2) is 0 Å². The lowest BCUT2D eigenvalue weighted by atomic mass is 10.2. The lowest BCUT2D eigenvalue weighted by Crippen LogP contribution is -2.25. The van der Waals surface area contributed by atoms with Gasteiger partial charge in [-0.1, -0.05) is 24.3 Å². The van der Waals surface area contributed by atoms with Crippen LogP contribution in [-0.4, -0.2) is 34.8 Å². The Hall–Kier alpha value is -4.34. The van der Waals surface area contributed by atoms with Crippen LogP contribution in [0.5, 0.6) is 0 Å². The van der Waals surface area contributed by atoms with Crippen molar-refractivity contribution in [1.82, 2.24) is 10.6 Å². The quantitative estimate of drug-likeness (QED) is 0.238. The second-order valence-corrected chi connectivity index (χ2v) is 6.66. The molecule has 0 unspecified atom stereocenters. The highest BCUT2D eigenvalue weighted by molar-refractivity contribution is 5.92. The number of carbonyl (C=O) groups is 2. The molecule has 0 saturated carbocycles. The number of nitrogens with one attached hydrogen (secondary N) is 2. The Kier molecular flexibility index (Phi) is 9.26. The smallest absolute Gasteiger partial charge is 0.270 e. The predicted molar refractivity (Wildman–Crippen MR) is 120 cm³/mol. The van der Waals surface area contributed by atoms with Gasteiger partial charge in [-0.15, -0.1) is 0 Å². The van der Waals surface area contributed by atoms with Crippen molar-refractivity contribution in [2.75, 3.05) is 13.1 Å². The third-order valence-electron chi connectivity index (χ3n) is 4.22. The predicted octanol–water partition coefficient (Wildman–Crippen LogP) is 3.24. The third-order valence-corrected chi connectivity index (χ3v) is 4.22. The van der Waals surface area contributed by atoms with Crippen LogP contribution in [0, 0.1) is 20.2 Å². The highest BCUT2D eigenvalue weighted by Gasteiger charge is 2.05. The van der Waals surface area contributed by atoms with E-state index in [1.165, 1.54) is 48.6 Å². The zero-order valence-electron chi connectivity index (χ0n) is 17.1. The van der Waals surface area contributed by atoms with Crippen molar-refractivity contribution in [3.8, 4) is 0 Å². The summed E-state index contributed by atoms with van der Waals surface area (Å²) < 4.78 is 0. The Morgan fingerprint density at radius 2 is 1.16 bits per heavy atom. The molecule has 166 valence electrons. The van der Waals surface area contributed by atoms with Gasteiger partial charge in [-0.3, -0.25) is 29.8 Å². The van der Waals surface area contributed by atoms with Crippen LogP contribution in [0.2, 0.25) is 0 Å². The molecule has 2 rings (SSSR count). The van der Waals surface area contributed by atoms with Crippen LogP contribution in [0.25, 0.3) is 12.2 Å². The molecule has 0 heterocycles. The summed E-state index contributed by atoms with van der Waals surface area (Å²) in [5.74, 6) is -0.638. The maximum atomic E-state index is 11.8. The van der Waals surface area contributed by atoms with Crippen molar-refractivity contribution >= 4 is 35.3 Å². The van der Waals surface area contributed by atoms with Crippen LogP contribution in [0.1, 0.15) is 24.0 Å².